The van der Waals surface area contributed by atoms with Gasteiger partial charge in [-0.25, -0.2) is 0 Å². The van der Waals surface area contributed by atoms with Crippen molar-refractivity contribution in [3.05, 3.63) is 23.9 Å². The van der Waals surface area contributed by atoms with Crippen molar-refractivity contribution in [2.75, 3.05) is 0 Å². The topological polar surface area (TPSA) is 69.1 Å². The van der Waals surface area contributed by atoms with Crippen LogP contribution in [0, 0.1) is 0 Å². The predicted octanol–water partition coefficient (Wildman–Crippen LogP) is -0.417. The van der Waals surface area contributed by atoms with Gasteiger partial charge in [0.25, 0.3) is 0 Å². The van der Waals surface area contributed by atoms with Gasteiger partial charge in [-0.05, 0) is 22.6 Å². The maximum absolute atomic E-state index is 5.46. The summed E-state index contributed by atoms with van der Waals surface area (Å²) in [6.45, 7) is 0.447. The van der Waals surface area contributed by atoms with Gasteiger partial charge in [0.1, 0.15) is 0 Å². The Hall–Kier alpha value is -1.49. The zero-order valence-corrected chi connectivity index (χ0v) is 5.81. The van der Waals surface area contributed by atoms with Gasteiger partial charge in [0, 0.05) is 6.54 Å². The highest BCUT2D eigenvalue weighted by atomic mass is 15.5. The van der Waals surface area contributed by atoms with E-state index in [2.05, 4.69) is 15.5 Å². The molecule has 0 aliphatic rings. The molecule has 0 fully saturated rings. The van der Waals surface area contributed by atoms with E-state index in [1.54, 1.807) is 4.52 Å². The fourth-order valence-electron chi connectivity index (χ4n) is 0.973. The SMILES string of the molecule is NCc1cccc2nnnn12. The van der Waals surface area contributed by atoms with Crippen LogP contribution in [0.1, 0.15) is 5.69 Å². The van der Waals surface area contributed by atoms with Crippen molar-refractivity contribution in [1.82, 2.24) is 20.0 Å². The van der Waals surface area contributed by atoms with Gasteiger partial charge in [-0.15, -0.1) is 5.10 Å². The minimum absolute atomic E-state index is 0.447. The fourth-order valence-corrected chi connectivity index (χ4v) is 0.973. The highest BCUT2D eigenvalue weighted by molar-refractivity contribution is 5.36. The van der Waals surface area contributed by atoms with Gasteiger partial charge in [0.2, 0.25) is 0 Å². The lowest BCUT2D eigenvalue weighted by molar-refractivity contribution is 0.776. The third-order valence-corrected chi connectivity index (χ3v) is 1.51. The lowest BCUT2D eigenvalue weighted by atomic mass is 10.3. The number of aromatic nitrogens is 4. The third kappa shape index (κ3) is 0.857. The first-order chi connectivity index (χ1) is 5.42. The average Bonchev–Trinajstić information content (AvgIpc) is 2.50. The summed E-state index contributed by atoms with van der Waals surface area (Å²) in [5.41, 5.74) is 7.10. The summed E-state index contributed by atoms with van der Waals surface area (Å²) < 4.78 is 1.62. The summed E-state index contributed by atoms with van der Waals surface area (Å²) in [5.74, 6) is 0. The first-order valence-corrected chi connectivity index (χ1v) is 3.28. The average molecular weight is 149 g/mol. The quantitative estimate of drug-likeness (QED) is 0.598. The molecule has 0 radical (unpaired) electrons. The lowest BCUT2D eigenvalue weighted by Gasteiger charge is -1.96. The molecule has 2 aromatic heterocycles. The molecule has 0 unspecified atom stereocenters. The minimum Gasteiger partial charge on any atom is -0.325 e. The van der Waals surface area contributed by atoms with Crippen LogP contribution in [0.3, 0.4) is 0 Å². The maximum Gasteiger partial charge on any atom is 0.179 e. The van der Waals surface area contributed by atoms with Crippen LogP contribution in [0.15, 0.2) is 18.2 Å². The van der Waals surface area contributed by atoms with E-state index in [9.17, 15) is 0 Å². The molecule has 56 valence electrons. The van der Waals surface area contributed by atoms with Gasteiger partial charge in [0.15, 0.2) is 5.65 Å². The first kappa shape index (κ1) is 6.23. The van der Waals surface area contributed by atoms with Crippen LogP contribution in [0.2, 0.25) is 0 Å². The molecule has 2 heterocycles. The molecule has 0 aliphatic heterocycles. The van der Waals surface area contributed by atoms with Gasteiger partial charge in [-0.2, -0.15) is 4.52 Å². The van der Waals surface area contributed by atoms with E-state index in [0.717, 1.165) is 11.3 Å². The minimum atomic E-state index is 0.447. The maximum atomic E-state index is 5.46. The smallest absolute Gasteiger partial charge is 0.179 e. The Labute approximate surface area is 62.8 Å². The van der Waals surface area contributed by atoms with Crippen LogP contribution in [-0.4, -0.2) is 20.0 Å². The van der Waals surface area contributed by atoms with Crippen molar-refractivity contribution in [2.24, 2.45) is 5.73 Å². The number of tetrazole rings is 1. The molecule has 0 saturated carbocycles. The molecular weight excluding hydrogens is 142 g/mol. The van der Waals surface area contributed by atoms with Gasteiger partial charge in [-0.3, -0.25) is 0 Å². The van der Waals surface area contributed by atoms with E-state index in [1.807, 2.05) is 18.2 Å². The van der Waals surface area contributed by atoms with Crippen LogP contribution in [-0.2, 0) is 6.54 Å². The lowest BCUT2D eigenvalue weighted by Crippen LogP contribution is -2.04. The zero-order chi connectivity index (χ0) is 7.68. The summed E-state index contributed by atoms with van der Waals surface area (Å²) in [7, 11) is 0. The molecule has 11 heavy (non-hydrogen) atoms. The number of hydrogen-bond acceptors (Lipinski definition) is 4. The summed E-state index contributed by atoms with van der Waals surface area (Å²) in [5, 5.41) is 11.1. The van der Waals surface area contributed by atoms with Crippen LogP contribution in [0.25, 0.3) is 5.65 Å². The highest BCUT2D eigenvalue weighted by Gasteiger charge is 1.98. The fraction of sp³-hybridized carbons (Fsp3) is 0.167. The largest absolute Gasteiger partial charge is 0.325 e. The van der Waals surface area contributed by atoms with Crippen molar-refractivity contribution < 1.29 is 0 Å². The Kier molecular flexibility index (Phi) is 1.29. The molecular formula is C6H7N5. The molecule has 5 heteroatoms. The Morgan fingerprint density at radius 2 is 2.36 bits per heavy atom. The van der Waals surface area contributed by atoms with E-state index in [-0.39, 0.29) is 0 Å². The molecule has 0 amide bonds. The zero-order valence-electron chi connectivity index (χ0n) is 5.81. The van der Waals surface area contributed by atoms with Crippen LogP contribution < -0.4 is 5.73 Å². The summed E-state index contributed by atoms with van der Waals surface area (Å²) in [6.07, 6.45) is 0. The van der Waals surface area contributed by atoms with Gasteiger partial charge in [0.05, 0.1) is 5.69 Å². The Morgan fingerprint density at radius 3 is 3.18 bits per heavy atom. The number of rotatable bonds is 1. The monoisotopic (exact) mass is 149 g/mol. The molecule has 2 aromatic rings. The Bertz CT molecular complexity index is 366. The molecule has 0 saturated heterocycles. The van der Waals surface area contributed by atoms with Crippen molar-refractivity contribution >= 4 is 5.65 Å². The summed E-state index contributed by atoms with van der Waals surface area (Å²) >= 11 is 0. The second-order valence-electron chi connectivity index (χ2n) is 2.17. The molecule has 0 atom stereocenters. The van der Waals surface area contributed by atoms with Gasteiger partial charge in [-0.1, -0.05) is 6.07 Å². The molecule has 0 aliphatic carbocycles. The van der Waals surface area contributed by atoms with Crippen molar-refractivity contribution in [1.29, 1.82) is 0 Å². The number of nitrogens with zero attached hydrogens (tertiary/aromatic N) is 4. The number of pyridine rings is 1. The van der Waals surface area contributed by atoms with E-state index in [4.69, 9.17) is 5.73 Å². The summed E-state index contributed by atoms with van der Waals surface area (Å²) in [6, 6.07) is 5.61. The predicted molar refractivity (Wildman–Crippen MR) is 38.7 cm³/mol. The standard InChI is InChI=1S/C6H7N5/c7-4-5-2-1-3-6-8-9-10-11(5)6/h1-3H,4,7H2. The highest BCUT2D eigenvalue weighted by Crippen LogP contribution is 2.00. The van der Waals surface area contributed by atoms with Crippen LogP contribution in [0.4, 0.5) is 0 Å². The summed E-state index contributed by atoms with van der Waals surface area (Å²) in [4.78, 5) is 0. The molecule has 2 rings (SSSR count). The molecule has 0 bridgehead atoms. The van der Waals surface area contributed by atoms with E-state index in [1.165, 1.54) is 0 Å². The normalized spacial score (nSPS) is 10.6. The second kappa shape index (κ2) is 2.28. The van der Waals surface area contributed by atoms with Crippen molar-refractivity contribution in [3.8, 4) is 0 Å². The van der Waals surface area contributed by atoms with Gasteiger partial charge >= 0.3 is 0 Å². The molecule has 2 N–H and O–H groups in total. The number of hydrogen-bond donors (Lipinski definition) is 1. The van der Waals surface area contributed by atoms with E-state index < -0.39 is 0 Å². The first-order valence-electron chi connectivity index (χ1n) is 3.28. The van der Waals surface area contributed by atoms with Gasteiger partial charge < -0.3 is 5.73 Å². The second-order valence-corrected chi connectivity index (χ2v) is 2.17. The van der Waals surface area contributed by atoms with Crippen molar-refractivity contribution in [3.63, 3.8) is 0 Å². The number of fused-ring (bicyclic) bond motifs is 1. The van der Waals surface area contributed by atoms with Crippen LogP contribution >= 0.6 is 0 Å². The van der Waals surface area contributed by atoms with Crippen LogP contribution in [0.5, 0.6) is 0 Å². The Morgan fingerprint density at radius 1 is 1.45 bits per heavy atom. The number of nitrogens with two attached hydrogens (primary N) is 1. The molecule has 0 spiro atoms. The molecule has 0 aromatic carbocycles. The van der Waals surface area contributed by atoms with E-state index in [0.29, 0.717) is 6.54 Å². The van der Waals surface area contributed by atoms with E-state index >= 15 is 0 Å². The third-order valence-electron chi connectivity index (χ3n) is 1.51. The van der Waals surface area contributed by atoms with Crippen molar-refractivity contribution in [2.45, 2.75) is 6.54 Å². The molecule has 5 nitrogen and oxygen atoms in total. The Balaban J connectivity index is 2.79.